The summed E-state index contributed by atoms with van der Waals surface area (Å²) in [5.74, 6) is 0.0458. The summed E-state index contributed by atoms with van der Waals surface area (Å²) in [6, 6.07) is 9.76. The predicted octanol–water partition coefficient (Wildman–Crippen LogP) is 4.86. The lowest BCUT2D eigenvalue weighted by molar-refractivity contribution is -0.121. The molecular weight excluding hydrogens is 438 g/mol. The van der Waals surface area contributed by atoms with Crippen molar-refractivity contribution in [3.63, 3.8) is 0 Å². The molecule has 1 aliphatic rings. The summed E-state index contributed by atoms with van der Waals surface area (Å²) < 4.78 is 10.9. The van der Waals surface area contributed by atoms with Crippen LogP contribution in [-0.4, -0.2) is 49.6 Å². The van der Waals surface area contributed by atoms with E-state index in [1.54, 1.807) is 6.92 Å². The van der Waals surface area contributed by atoms with Crippen molar-refractivity contribution in [1.82, 2.24) is 4.90 Å². The van der Waals surface area contributed by atoms with Gasteiger partial charge in [-0.1, -0.05) is 12.1 Å². The number of hydrogen-bond donors (Lipinski definition) is 1. The van der Waals surface area contributed by atoms with Crippen molar-refractivity contribution in [2.24, 2.45) is 5.92 Å². The summed E-state index contributed by atoms with van der Waals surface area (Å²) >= 11 is 1.39. The Balaban J connectivity index is 1.87. The first-order chi connectivity index (χ1) is 16.0. The maximum Gasteiger partial charge on any atom is 0.341 e. The topological polar surface area (TPSA) is 91.7 Å². The highest BCUT2D eigenvalue weighted by molar-refractivity contribution is 7.17. The number of nitrogens with one attached hydrogen (secondary N) is 1. The molecule has 1 N–H and O–H groups in total. The van der Waals surface area contributed by atoms with Crippen LogP contribution in [0.5, 0.6) is 5.75 Å². The second kappa shape index (κ2) is 11.8. The van der Waals surface area contributed by atoms with Crippen LogP contribution in [0.4, 0.5) is 5.00 Å². The van der Waals surface area contributed by atoms with Crippen LogP contribution < -0.4 is 10.1 Å². The summed E-state index contributed by atoms with van der Waals surface area (Å²) in [7, 11) is 0. The van der Waals surface area contributed by atoms with Crippen LogP contribution in [0.1, 0.15) is 48.3 Å². The van der Waals surface area contributed by atoms with Crippen molar-refractivity contribution < 1.29 is 19.1 Å². The van der Waals surface area contributed by atoms with Gasteiger partial charge in [-0.3, -0.25) is 4.79 Å². The number of piperidine rings is 1. The summed E-state index contributed by atoms with van der Waals surface area (Å²) in [5, 5.41) is 12.4. The van der Waals surface area contributed by atoms with E-state index in [4.69, 9.17) is 14.7 Å². The number of esters is 1. The summed E-state index contributed by atoms with van der Waals surface area (Å²) in [6.07, 6.45) is 2.16. The molecule has 3 rings (SSSR count). The molecule has 1 aliphatic heterocycles. The van der Waals surface area contributed by atoms with Gasteiger partial charge in [-0.25, -0.2) is 4.79 Å². The fourth-order valence-electron chi connectivity index (χ4n) is 4.16. The number of likely N-dealkylation sites (tertiary alicyclic amines) is 1. The van der Waals surface area contributed by atoms with Crippen LogP contribution in [0, 0.1) is 24.2 Å². The minimum atomic E-state index is -0.444. The van der Waals surface area contributed by atoms with Crippen LogP contribution in [0.2, 0.25) is 0 Å². The fourth-order valence-corrected chi connectivity index (χ4v) is 5.22. The fraction of sp³-hybridized carbons (Fsp3) is 0.480. The Hall–Kier alpha value is -2.89. The summed E-state index contributed by atoms with van der Waals surface area (Å²) in [4.78, 5) is 29.2. The zero-order valence-corrected chi connectivity index (χ0v) is 20.3. The second-order valence-electron chi connectivity index (χ2n) is 7.95. The van der Waals surface area contributed by atoms with Gasteiger partial charge >= 0.3 is 5.97 Å². The van der Waals surface area contributed by atoms with Crippen LogP contribution in [-0.2, 0) is 9.53 Å². The molecule has 0 aliphatic carbocycles. The SMILES string of the molecule is CCOC(=O)c1c(NC(=O)C2CCCN(CCC#N)C2)sc(C)c1-c1ccc(OCC)cc1. The lowest BCUT2D eigenvalue weighted by Crippen LogP contribution is -2.41. The molecule has 0 bridgehead atoms. The molecule has 1 fully saturated rings. The first-order valence-electron chi connectivity index (χ1n) is 11.4. The quantitative estimate of drug-likeness (QED) is 0.527. The zero-order chi connectivity index (χ0) is 23.8. The number of hydrogen-bond acceptors (Lipinski definition) is 7. The largest absolute Gasteiger partial charge is 0.494 e. The van der Waals surface area contributed by atoms with Gasteiger partial charge in [0.1, 0.15) is 16.3 Å². The summed E-state index contributed by atoms with van der Waals surface area (Å²) in [5.41, 5.74) is 2.04. The maximum atomic E-state index is 13.1. The number of carbonyl (C=O) groups is 2. The first-order valence-corrected chi connectivity index (χ1v) is 12.2. The molecule has 33 heavy (non-hydrogen) atoms. The Morgan fingerprint density at radius 2 is 2.00 bits per heavy atom. The van der Waals surface area contributed by atoms with Gasteiger partial charge in [0.15, 0.2) is 0 Å². The van der Waals surface area contributed by atoms with E-state index >= 15 is 0 Å². The van der Waals surface area contributed by atoms with Crippen molar-refractivity contribution in [2.75, 3.05) is 38.2 Å². The molecule has 1 amide bonds. The molecule has 2 heterocycles. The number of aryl methyl sites for hydroxylation is 1. The van der Waals surface area contributed by atoms with E-state index in [1.807, 2.05) is 38.1 Å². The smallest absolute Gasteiger partial charge is 0.341 e. The van der Waals surface area contributed by atoms with Crippen molar-refractivity contribution in [3.8, 4) is 22.9 Å². The van der Waals surface area contributed by atoms with Crippen molar-refractivity contribution in [1.29, 1.82) is 5.26 Å². The number of ether oxygens (including phenoxy) is 2. The zero-order valence-electron chi connectivity index (χ0n) is 19.5. The molecule has 1 aromatic heterocycles. The van der Waals surface area contributed by atoms with Gasteiger partial charge in [-0.2, -0.15) is 5.26 Å². The molecule has 0 saturated carbocycles. The average Bonchev–Trinajstić information content (AvgIpc) is 3.14. The number of nitriles is 1. The number of rotatable bonds is 9. The molecule has 7 nitrogen and oxygen atoms in total. The maximum absolute atomic E-state index is 13.1. The molecule has 176 valence electrons. The number of nitrogens with zero attached hydrogens (tertiary/aromatic N) is 2. The average molecular weight is 470 g/mol. The number of benzene rings is 1. The van der Waals surface area contributed by atoms with Gasteiger partial charge in [0.05, 0.1) is 25.2 Å². The van der Waals surface area contributed by atoms with Crippen LogP contribution >= 0.6 is 11.3 Å². The van der Waals surface area contributed by atoms with Crippen LogP contribution in [0.3, 0.4) is 0 Å². The van der Waals surface area contributed by atoms with E-state index in [-0.39, 0.29) is 18.4 Å². The van der Waals surface area contributed by atoms with Gasteiger partial charge in [0.2, 0.25) is 5.91 Å². The third-order valence-electron chi connectivity index (χ3n) is 5.67. The highest BCUT2D eigenvalue weighted by atomic mass is 32.1. The van der Waals surface area contributed by atoms with Crippen molar-refractivity contribution >= 4 is 28.2 Å². The normalized spacial score (nSPS) is 16.1. The molecule has 1 unspecified atom stereocenters. The Morgan fingerprint density at radius 3 is 2.67 bits per heavy atom. The Kier molecular flexibility index (Phi) is 8.87. The number of anilines is 1. The minimum Gasteiger partial charge on any atom is -0.494 e. The molecular formula is C25H31N3O4S. The Morgan fingerprint density at radius 1 is 1.24 bits per heavy atom. The van der Waals surface area contributed by atoms with Crippen LogP contribution in [0.25, 0.3) is 11.1 Å². The number of amides is 1. The minimum absolute atomic E-state index is 0.0956. The molecule has 8 heteroatoms. The van der Waals surface area contributed by atoms with Crippen molar-refractivity contribution in [3.05, 3.63) is 34.7 Å². The predicted molar refractivity (Wildman–Crippen MR) is 130 cm³/mol. The molecule has 1 saturated heterocycles. The van der Waals surface area contributed by atoms with Gasteiger partial charge in [0, 0.05) is 30.0 Å². The van der Waals surface area contributed by atoms with Gasteiger partial charge in [0.25, 0.3) is 0 Å². The monoisotopic (exact) mass is 469 g/mol. The molecule has 0 radical (unpaired) electrons. The van der Waals surface area contributed by atoms with E-state index in [9.17, 15) is 9.59 Å². The Bertz CT molecular complexity index is 1010. The highest BCUT2D eigenvalue weighted by Crippen LogP contribution is 2.41. The van der Waals surface area contributed by atoms with Gasteiger partial charge in [-0.05, 0) is 57.9 Å². The molecule has 1 atom stereocenters. The first kappa shape index (κ1) is 24.7. The van der Waals surface area contributed by atoms with E-state index in [0.29, 0.717) is 36.7 Å². The number of thiophene rings is 1. The third kappa shape index (κ3) is 6.12. The summed E-state index contributed by atoms with van der Waals surface area (Å²) in [6.45, 7) is 8.67. The third-order valence-corrected chi connectivity index (χ3v) is 6.69. The van der Waals surface area contributed by atoms with Gasteiger partial charge < -0.3 is 19.7 Å². The molecule has 0 spiro atoms. The van der Waals surface area contributed by atoms with E-state index in [1.165, 1.54) is 11.3 Å². The highest BCUT2D eigenvalue weighted by Gasteiger charge is 2.29. The van der Waals surface area contributed by atoms with Crippen molar-refractivity contribution in [2.45, 2.75) is 40.0 Å². The Labute approximate surface area is 199 Å². The lowest BCUT2D eigenvalue weighted by Gasteiger charge is -2.31. The van der Waals surface area contributed by atoms with Gasteiger partial charge in [-0.15, -0.1) is 11.3 Å². The lowest BCUT2D eigenvalue weighted by atomic mass is 9.96. The molecule has 2 aromatic rings. The van der Waals surface area contributed by atoms with Crippen LogP contribution in [0.15, 0.2) is 24.3 Å². The van der Waals surface area contributed by atoms with E-state index in [0.717, 1.165) is 41.1 Å². The van der Waals surface area contributed by atoms with E-state index in [2.05, 4.69) is 16.3 Å². The van der Waals surface area contributed by atoms with E-state index < -0.39 is 5.97 Å². The molecule has 1 aromatic carbocycles. The number of carbonyl (C=O) groups excluding carboxylic acids is 2. The second-order valence-corrected chi connectivity index (χ2v) is 9.18. The standard InChI is InChI=1S/C25H31N3O4S/c1-4-31-20-11-9-18(10-12-20)21-17(3)33-24(22(21)25(30)32-5-2)27-23(29)19-8-6-14-28(16-19)15-7-13-26/h9-12,19H,4-8,14-16H2,1-3H3,(H,27,29).